The van der Waals surface area contributed by atoms with Gasteiger partial charge in [-0.15, -0.1) is 0 Å². The second-order valence-corrected chi connectivity index (χ2v) is 5.96. The summed E-state index contributed by atoms with van der Waals surface area (Å²) >= 11 is 0. The van der Waals surface area contributed by atoms with Gasteiger partial charge in [-0.25, -0.2) is 0 Å². The smallest absolute Gasteiger partial charge is 0.330 e. The number of ether oxygens (including phenoxy) is 2. The fraction of sp³-hybridized carbons (Fsp3) is 0.900. The van der Waals surface area contributed by atoms with E-state index in [9.17, 15) is 14.3 Å². The van der Waals surface area contributed by atoms with Crippen molar-refractivity contribution >= 4 is 13.6 Å². The lowest BCUT2D eigenvalue weighted by atomic mass is 10.2. The zero-order valence-corrected chi connectivity index (χ0v) is 11.9. The molecule has 0 bridgehead atoms. The molecule has 0 fully saturated rings. The normalized spacial score (nSPS) is 16.3. The summed E-state index contributed by atoms with van der Waals surface area (Å²) in [5, 5.41) is 0. The molecule has 8 heteroatoms. The highest BCUT2D eigenvalue weighted by Crippen LogP contribution is 2.42. The van der Waals surface area contributed by atoms with Crippen LogP contribution in [0.4, 0.5) is 0 Å². The van der Waals surface area contributed by atoms with Crippen LogP contribution in [0.15, 0.2) is 0 Å². The molecule has 0 aliphatic heterocycles. The Morgan fingerprint density at radius 2 is 2.06 bits per heavy atom. The van der Waals surface area contributed by atoms with Crippen molar-refractivity contribution in [3.05, 3.63) is 0 Å². The topological polar surface area (TPSA) is 108 Å². The number of nitrogens with two attached hydrogens (primary N) is 1. The van der Waals surface area contributed by atoms with Gasteiger partial charge in [-0.3, -0.25) is 13.9 Å². The number of carbonyl (C=O) groups is 1. The van der Waals surface area contributed by atoms with Gasteiger partial charge < -0.3 is 20.1 Å². The molecule has 0 aliphatic carbocycles. The molecule has 0 spiro atoms. The van der Waals surface area contributed by atoms with E-state index in [0.29, 0.717) is 6.61 Å². The van der Waals surface area contributed by atoms with Gasteiger partial charge in [0.15, 0.2) is 6.79 Å². The van der Waals surface area contributed by atoms with Gasteiger partial charge in [-0.2, -0.15) is 0 Å². The van der Waals surface area contributed by atoms with Crippen LogP contribution in [0.25, 0.3) is 0 Å². The second kappa shape index (κ2) is 8.61. The van der Waals surface area contributed by atoms with E-state index in [0.717, 1.165) is 0 Å². The Hall–Kier alpha value is -0.460. The maximum atomic E-state index is 11.5. The zero-order chi connectivity index (χ0) is 14.2. The molecule has 2 atom stereocenters. The third kappa shape index (κ3) is 8.60. The monoisotopic (exact) mass is 283 g/mol. The molecular formula is C10H22NO6P. The van der Waals surface area contributed by atoms with Gasteiger partial charge in [0.25, 0.3) is 0 Å². The van der Waals surface area contributed by atoms with Crippen molar-refractivity contribution in [3.8, 4) is 0 Å². The third-order valence-corrected chi connectivity index (χ3v) is 3.25. The average molecular weight is 283 g/mol. The number of rotatable bonds is 9. The summed E-state index contributed by atoms with van der Waals surface area (Å²) in [6.45, 7) is 5.28. The van der Waals surface area contributed by atoms with Gasteiger partial charge >= 0.3 is 13.6 Å². The summed E-state index contributed by atoms with van der Waals surface area (Å²) in [5.74, 6) is -0.588. The van der Waals surface area contributed by atoms with E-state index < -0.39 is 19.6 Å². The van der Waals surface area contributed by atoms with Crippen LogP contribution in [0, 0.1) is 0 Å². The predicted molar refractivity (Wildman–Crippen MR) is 66.1 cm³/mol. The molecule has 0 rings (SSSR count). The van der Waals surface area contributed by atoms with Crippen molar-refractivity contribution < 1.29 is 28.3 Å². The first kappa shape index (κ1) is 17.5. The largest absolute Gasteiger partial charge is 0.462 e. The summed E-state index contributed by atoms with van der Waals surface area (Å²) in [4.78, 5) is 20.7. The van der Waals surface area contributed by atoms with Crippen LogP contribution < -0.4 is 5.73 Å². The Labute approximate surface area is 107 Å². The number of esters is 1. The van der Waals surface area contributed by atoms with Crippen molar-refractivity contribution in [1.29, 1.82) is 0 Å². The molecule has 0 aliphatic rings. The number of hydrogen-bond acceptors (Lipinski definition) is 6. The molecule has 108 valence electrons. The van der Waals surface area contributed by atoms with E-state index in [1.54, 1.807) is 20.8 Å². The molecular weight excluding hydrogens is 261 g/mol. The first-order chi connectivity index (χ1) is 8.28. The van der Waals surface area contributed by atoms with Crippen molar-refractivity contribution in [2.75, 3.05) is 19.6 Å². The summed E-state index contributed by atoms with van der Waals surface area (Å²) < 4.78 is 25.8. The first-order valence-electron chi connectivity index (χ1n) is 5.78. The van der Waals surface area contributed by atoms with E-state index in [4.69, 9.17) is 15.2 Å². The molecule has 0 saturated carbocycles. The Kier molecular flexibility index (Phi) is 8.39. The van der Waals surface area contributed by atoms with Crippen LogP contribution in [-0.2, 0) is 23.4 Å². The van der Waals surface area contributed by atoms with Gasteiger partial charge in [0, 0.05) is 6.61 Å². The van der Waals surface area contributed by atoms with E-state index in [1.165, 1.54) is 0 Å². The van der Waals surface area contributed by atoms with Crippen LogP contribution in [0.2, 0.25) is 0 Å². The molecule has 0 heterocycles. The summed E-state index contributed by atoms with van der Waals surface area (Å²) in [6.07, 6.45) is -0.460. The van der Waals surface area contributed by atoms with Gasteiger partial charge in [-0.1, -0.05) is 0 Å². The van der Waals surface area contributed by atoms with E-state index >= 15 is 0 Å². The van der Waals surface area contributed by atoms with Gasteiger partial charge in [0.05, 0.1) is 12.3 Å². The average Bonchev–Trinajstić information content (AvgIpc) is 2.25. The SMILES string of the molecule is CCOCOP(=O)(O)CCC(N)C(=O)OC(C)C. The minimum atomic E-state index is -3.76. The van der Waals surface area contributed by atoms with E-state index in [2.05, 4.69) is 4.52 Å². The van der Waals surface area contributed by atoms with E-state index in [1.807, 2.05) is 0 Å². The molecule has 0 radical (unpaired) electrons. The predicted octanol–water partition coefficient (Wildman–Crippen LogP) is 0.851. The molecule has 0 saturated heterocycles. The van der Waals surface area contributed by atoms with Crippen LogP contribution in [0.1, 0.15) is 27.2 Å². The summed E-state index contributed by atoms with van der Waals surface area (Å²) in [7, 11) is -3.76. The highest BCUT2D eigenvalue weighted by atomic mass is 31.2. The van der Waals surface area contributed by atoms with E-state index in [-0.39, 0.29) is 25.5 Å². The van der Waals surface area contributed by atoms with Crippen molar-refractivity contribution in [2.45, 2.75) is 39.3 Å². The Bertz CT molecular complexity index is 296. The van der Waals surface area contributed by atoms with Crippen molar-refractivity contribution in [2.24, 2.45) is 5.73 Å². The molecule has 0 aromatic carbocycles. The fourth-order valence-electron chi connectivity index (χ4n) is 1.01. The first-order valence-corrected chi connectivity index (χ1v) is 7.55. The lowest BCUT2D eigenvalue weighted by molar-refractivity contribution is -0.149. The van der Waals surface area contributed by atoms with Gasteiger partial charge in [-0.05, 0) is 27.2 Å². The summed E-state index contributed by atoms with van der Waals surface area (Å²) in [6, 6.07) is -0.927. The van der Waals surface area contributed by atoms with Crippen molar-refractivity contribution in [1.82, 2.24) is 0 Å². The minimum absolute atomic E-state index is 0.0193. The Morgan fingerprint density at radius 1 is 1.44 bits per heavy atom. The van der Waals surface area contributed by atoms with Gasteiger partial charge in [0.1, 0.15) is 6.04 Å². The Morgan fingerprint density at radius 3 is 2.56 bits per heavy atom. The second-order valence-electron chi connectivity index (χ2n) is 3.98. The standard InChI is InChI=1S/C10H22NO6P/c1-4-15-7-16-18(13,14)6-5-9(11)10(12)17-8(2)3/h8-9H,4-7,11H2,1-3H3,(H,13,14). The molecule has 0 aromatic heterocycles. The maximum absolute atomic E-state index is 11.5. The fourth-order valence-corrected chi connectivity index (χ4v) is 1.98. The van der Waals surface area contributed by atoms with Crippen LogP contribution in [-0.4, -0.2) is 42.6 Å². The van der Waals surface area contributed by atoms with Crippen LogP contribution in [0.5, 0.6) is 0 Å². The number of hydrogen-bond donors (Lipinski definition) is 2. The highest BCUT2D eigenvalue weighted by molar-refractivity contribution is 7.52. The molecule has 0 amide bonds. The molecule has 18 heavy (non-hydrogen) atoms. The van der Waals surface area contributed by atoms with Crippen molar-refractivity contribution in [3.63, 3.8) is 0 Å². The maximum Gasteiger partial charge on any atom is 0.330 e. The summed E-state index contributed by atoms with van der Waals surface area (Å²) in [5.41, 5.74) is 5.53. The van der Waals surface area contributed by atoms with Crippen LogP contribution >= 0.6 is 7.60 Å². The lowest BCUT2D eigenvalue weighted by Crippen LogP contribution is -2.34. The Balaban J connectivity index is 3.99. The lowest BCUT2D eigenvalue weighted by Gasteiger charge is -2.16. The zero-order valence-electron chi connectivity index (χ0n) is 11.0. The van der Waals surface area contributed by atoms with Crippen LogP contribution in [0.3, 0.4) is 0 Å². The molecule has 7 nitrogen and oxygen atoms in total. The van der Waals surface area contributed by atoms with Gasteiger partial charge in [0.2, 0.25) is 0 Å². The number of carbonyl (C=O) groups excluding carboxylic acids is 1. The third-order valence-electron chi connectivity index (χ3n) is 1.92. The molecule has 0 aromatic rings. The minimum Gasteiger partial charge on any atom is -0.462 e. The quantitative estimate of drug-likeness (QED) is 0.279. The molecule has 2 unspecified atom stereocenters. The highest BCUT2D eigenvalue weighted by Gasteiger charge is 2.24. The molecule has 3 N–H and O–H groups in total.